The van der Waals surface area contributed by atoms with Crippen LogP contribution in [0.5, 0.6) is 5.75 Å². The molecule has 5 aliphatic rings. The number of nitrogens with zero attached hydrogens (tertiary/aromatic N) is 1. The van der Waals surface area contributed by atoms with Gasteiger partial charge in [0.15, 0.2) is 0 Å². The third kappa shape index (κ3) is 4.36. The lowest BCUT2D eigenvalue weighted by Crippen LogP contribution is -2.48. The first-order chi connectivity index (χ1) is 15.2. The lowest BCUT2D eigenvalue weighted by molar-refractivity contribution is -0.0745. The number of nitrogens with one attached hydrogen (secondary N) is 1. The predicted molar refractivity (Wildman–Crippen MR) is 116 cm³/mol. The van der Waals surface area contributed by atoms with E-state index in [-0.39, 0.29) is 42.5 Å². The third-order valence-corrected chi connectivity index (χ3v) is 9.28. The number of carbonyl (C=O) groups is 1. The monoisotopic (exact) mass is 486 g/mol. The molecule has 0 unspecified atom stereocenters. The number of ether oxygens (including phenoxy) is 2. The summed E-state index contributed by atoms with van der Waals surface area (Å²) in [6.45, 7) is 1.23. The highest BCUT2D eigenvalue weighted by molar-refractivity contribution is 7.87. The number of carbonyl (C=O) groups excluding carboxylic acids is 1. The first-order valence-electron chi connectivity index (χ1n) is 11.2. The zero-order chi connectivity index (χ0) is 22.5. The molecule has 6 rings (SSSR count). The van der Waals surface area contributed by atoms with Crippen molar-refractivity contribution < 1.29 is 27.1 Å². The van der Waals surface area contributed by atoms with Crippen LogP contribution in [0.1, 0.15) is 48.9 Å². The van der Waals surface area contributed by atoms with Gasteiger partial charge in [-0.3, -0.25) is 4.79 Å². The average Bonchev–Trinajstić information content (AvgIpc) is 2.73. The van der Waals surface area contributed by atoms with Gasteiger partial charge in [0.2, 0.25) is 0 Å². The fourth-order valence-electron chi connectivity index (χ4n) is 6.53. The van der Waals surface area contributed by atoms with Gasteiger partial charge in [-0.25, -0.2) is 9.11 Å². The summed E-state index contributed by atoms with van der Waals surface area (Å²) in [6.07, 6.45) is 7.43. The number of rotatable bonds is 6. The Hall–Kier alpha value is -1.42. The molecule has 5 fully saturated rings. The quantitative estimate of drug-likeness (QED) is 0.666. The van der Waals surface area contributed by atoms with Gasteiger partial charge < -0.3 is 9.47 Å². The standard InChI is InChI=1S/C22H28ClFN2O5S/c23-18-8-17(21(27)25-32(28,29)26-1-3-30-4-2-26)19(24)9-20(18)31-13-22-10-14-5-15(11-22)7-16(6-14)12-22/h8-9,14-16H,1-7,10-13H2,(H,25,27). The Morgan fingerprint density at radius 1 is 1.16 bits per heavy atom. The van der Waals surface area contributed by atoms with Crippen molar-refractivity contribution in [3.8, 4) is 5.75 Å². The Morgan fingerprint density at radius 2 is 1.75 bits per heavy atom. The molecule has 1 saturated heterocycles. The van der Waals surface area contributed by atoms with Gasteiger partial charge in [-0.1, -0.05) is 11.6 Å². The molecule has 4 saturated carbocycles. The van der Waals surface area contributed by atoms with Crippen LogP contribution in [-0.2, 0) is 14.9 Å². The molecule has 4 bridgehead atoms. The van der Waals surface area contributed by atoms with Crippen molar-refractivity contribution in [2.75, 3.05) is 32.9 Å². The summed E-state index contributed by atoms with van der Waals surface area (Å²) in [5.74, 6) is 0.574. The second kappa shape index (κ2) is 8.42. The predicted octanol–water partition coefficient (Wildman–Crippen LogP) is 3.38. The summed E-state index contributed by atoms with van der Waals surface area (Å²) in [5, 5.41) is 0.0880. The maximum atomic E-state index is 14.8. The normalized spacial score (nSPS) is 32.1. The Balaban J connectivity index is 1.26. The van der Waals surface area contributed by atoms with Gasteiger partial charge in [-0.15, -0.1) is 0 Å². The zero-order valence-corrected chi connectivity index (χ0v) is 19.4. The molecule has 1 aromatic rings. The number of benzene rings is 1. The molecule has 176 valence electrons. The van der Waals surface area contributed by atoms with E-state index in [0.717, 1.165) is 53.5 Å². The van der Waals surface area contributed by atoms with Crippen molar-refractivity contribution in [1.82, 2.24) is 9.03 Å². The lowest BCUT2D eigenvalue weighted by atomic mass is 9.50. The largest absolute Gasteiger partial charge is 0.491 e. The highest BCUT2D eigenvalue weighted by Gasteiger charge is 2.51. The molecule has 32 heavy (non-hydrogen) atoms. The van der Waals surface area contributed by atoms with Crippen molar-refractivity contribution in [1.29, 1.82) is 0 Å². The third-order valence-electron chi connectivity index (χ3n) is 7.50. The smallest absolute Gasteiger partial charge is 0.304 e. The summed E-state index contributed by atoms with van der Waals surface area (Å²) in [4.78, 5) is 12.5. The molecular formula is C22H28ClFN2O5S. The Labute approximate surface area is 192 Å². The maximum absolute atomic E-state index is 14.8. The highest BCUT2D eigenvalue weighted by atomic mass is 35.5. The van der Waals surface area contributed by atoms with Crippen LogP contribution in [0.4, 0.5) is 4.39 Å². The Bertz CT molecular complexity index is 977. The number of hydrogen-bond donors (Lipinski definition) is 1. The van der Waals surface area contributed by atoms with Crippen LogP contribution < -0.4 is 9.46 Å². The molecule has 0 spiro atoms. The number of morpholine rings is 1. The van der Waals surface area contributed by atoms with Crippen LogP contribution in [0.15, 0.2) is 12.1 Å². The fraction of sp³-hybridized carbons (Fsp3) is 0.682. The molecule has 1 aromatic carbocycles. The molecule has 0 radical (unpaired) electrons. The van der Waals surface area contributed by atoms with Crippen LogP contribution in [0.2, 0.25) is 5.02 Å². The molecule has 4 aliphatic carbocycles. The van der Waals surface area contributed by atoms with E-state index in [0.29, 0.717) is 6.61 Å². The van der Waals surface area contributed by atoms with Gasteiger partial charge in [-0.05, 0) is 62.3 Å². The van der Waals surface area contributed by atoms with Crippen LogP contribution in [0.3, 0.4) is 0 Å². The zero-order valence-electron chi connectivity index (χ0n) is 17.8. The summed E-state index contributed by atoms with van der Waals surface area (Å²) >= 11 is 6.30. The Morgan fingerprint density at radius 3 is 2.34 bits per heavy atom. The molecule has 0 aromatic heterocycles. The summed E-state index contributed by atoms with van der Waals surface area (Å²) < 4.78 is 53.7. The number of hydrogen-bond acceptors (Lipinski definition) is 5. The van der Waals surface area contributed by atoms with Crippen molar-refractivity contribution in [3.63, 3.8) is 0 Å². The number of halogens is 2. The van der Waals surface area contributed by atoms with Crippen LogP contribution in [0.25, 0.3) is 0 Å². The van der Waals surface area contributed by atoms with Gasteiger partial charge >= 0.3 is 10.2 Å². The van der Waals surface area contributed by atoms with E-state index in [1.165, 1.54) is 19.3 Å². The summed E-state index contributed by atoms with van der Waals surface area (Å²) in [6, 6.07) is 2.22. The second-order valence-electron chi connectivity index (χ2n) is 9.92. The van der Waals surface area contributed by atoms with Gasteiger partial charge in [0, 0.05) is 24.6 Å². The van der Waals surface area contributed by atoms with Gasteiger partial charge in [-0.2, -0.15) is 12.7 Å². The van der Waals surface area contributed by atoms with Gasteiger partial charge in [0.05, 0.1) is 30.4 Å². The lowest BCUT2D eigenvalue weighted by Gasteiger charge is -2.56. The van der Waals surface area contributed by atoms with Crippen molar-refractivity contribution in [2.45, 2.75) is 38.5 Å². The van der Waals surface area contributed by atoms with Crippen molar-refractivity contribution in [3.05, 3.63) is 28.5 Å². The molecule has 7 nitrogen and oxygen atoms in total. The molecule has 1 amide bonds. The van der Waals surface area contributed by atoms with E-state index in [1.807, 2.05) is 4.72 Å². The topological polar surface area (TPSA) is 84.9 Å². The molecule has 10 heteroatoms. The van der Waals surface area contributed by atoms with Crippen LogP contribution >= 0.6 is 11.6 Å². The minimum absolute atomic E-state index is 0.0880. The minimum Gasteiger partial charge on any atom is -0.491 e. The second-order valence-corrected chi connectivity index (χ2v) is 12.0. The molecule has 0 atom stereocenters. The molecule has 1 N–H and O–H groups in total. The van der Waals surface area contributed by atoms with E-state index in [4.69, 9.17) is 21.1 Å². The summed E-state index contributed by atoms with van der Waals surface area (Å²) in [5.41, 5.74) is -0.300. The van der Waals surface area contributed by atoms with E-state index < -0.39 is 27.5 Å². The van der Waals surface area contributed by atoms with Gasteiger partial charge in [0.25, 0.3) is 5.91 Å². The fourth-order valence-corrected chi connectivity index (χ4v) is 7.86. The number of amides is 1. The van der Waals surface area contributed by atoms with E-state index in [9.17, 15) is 17.6 Å². The van der Waals surface area contributed by atoms with E-state index >= 15 is 0 Å². The van der Waals surface area contributed by atoms with E-state index in [2.05, 4.69) is 0 Å². The van der Waals surface area contributed by atoms with Crippen molar-refractivity contribution >= 4 is 27.7 Å². The molecular weight excluding hydrogens is 459 g/mol. The van der Waals surface area contributed by atoms with Crippen molar-refractivity contribution in [2.24, 2.45) is 23.2 Å². The molecule has 1 aliphatic heterocycles. The average molecular weight is 487 g/mol. The summed E-state index contributed by atoms with van der Waals surface area (Å²) in [7, 11) is -4.09. The van der Waals surface area contributed by atoms with Crippen LogP contribution in [0, 0.1) is 29.0 Å². The highest BCUT2D eigenvalue weighted by Crippen LogP contribution is 2.60. The first-order valence-corrected chi connectivity index (χ1v) is 13.1. The van der Waals surface area contributed by atoms with Crippen LogP contribution in [-0.4, -0.2) is 51.5 Å². The van der Waals surface area contributed by atoms with Gasteiger partial charge in [0.1, 0.15) is 11.6 Å². The Kier molecular flexibility index (Phi) is 5.89. The maximum Gasteiger partial charge on any atom is 0.304 e. The minimum atomic E-state index is -4.09. The van der Waals surface area contributed by atoms with E-state index in [1.54, 1.807) is 0 Å². The SMILES string of the molecule is O=C(NS(=O)(=O)N1CCOCC1)c1cc(Cl)c(OCC23CC4CC(CC(C4)C2)C3)cc1F. The molecule has 1 heterocycles. The first kappa shape index (κ1) is 22.4.